The molecule has 1 fully saturated rings. The van der Waals surface area contributed by atoms with Gasteiger partial charge < -0.3 is 20.2 Å². The summed E-state index contributed by atoms with van der Waals surface area (Å²) in [5, 5.41) is 11.9. The zero-order valence-electron chi connectivity index (χ0n) is 12.3. The molecule has 7 nitrogen and oxygen atoms in total. The highest BCUT2D eigenvalue weighted by Gasteiger charge is 2.45. The lowest BCUT2D eigenvalue weighted by Gasteiger charge is -2.43. The molecule has 0 bridgehead atoms. The number of carboxylic acids is 1. The molecule has 1 aliphatic rings. The van der Waals surface area contributed by atoms with Crippen LogP contribution < -0.4 is 5.32 Å². The van der Waals surface area contributed by atoms with Crippen LogP contribution in [-0.4, -0.2) is 65.0 Å². The van der Waals surface area contributed by atoms with Gasteiger partial charge in [-0.1, -0.05) is 0 Å². The van der Waals surface area contributed by atoms with Gasteiger partial charge in [-0.15, -0.1) is 0 Å². The summed E-state index contributed by atoms with van der Waals surface area (Å²) in [4.78, 5) is 38.2. The van der Waals surface area contributed by atoms with Gasteiger partial charge >= 0.3 is 12.0 Å². The minimum atomic E-state index is -1.19. The monoisotopic (exact) mass is 285 g/mol. The van der Waals surface area contributed by atoms with E-state index < -0.39 is 11.5 Å². The van der Waals surface area contributed by atoms with E-state index in [4.69, 9.17) is 0 Å². The van der Waals surface area contributed by atoms with Gasteiger partial charge in [-0.3, -0.25) is 4.79 Å². The van der Waals surface area contributed by atoms with E-state index in [0.717, 1.165) is 12.8 Å². The molecule has 0 aromatic rings. The highest BCUT2D eigenvalue weighted by Crippen LogP contribution is 2.29. The Kier molecular flexibility index (Phi) is 5.35. The molecule has 0 radical (unpaired) electrons. The van der Waals surface area contributed by atoms with Crippen molar-refractivity contribution in [3.8, 4) is 0 Å². The standard InChI is InChI=1S/C13H23N3O4/c1-4-15(9-10(17)14-3)12(20)16-8-6-5-7-13(16,2)11(18)19/h4-9H2,1-3H3,(H,14,17)(H,18,19). The summed E-state index contributed by atoms with van der Waals surface area (Å²) in [5.74, 6) is -1.27. The van der Waals surface area contributed by atoms with Crippen molar-refractivity contribution in [3.05, 3.63) is 0 Å². The van der Waals surface area contributed by atoms with Crippen LogP contribution in [0.1, 0.15) is 33.1 Å². The Morgan fingerprint density at radius 1 is 1.35 bits per heavy atom. The summed E-state index contributed by atoms with van der Waals surface area (Å²) in [7, 11) is 1.50. The van der Waals surface area contributed by atoms with Crippen molar-refractivity contribution < 1.29 is 19.5 Å². The zero-order valence-corrected chi connectivity index (χ0v) is 12.3. The number of carbonyl (C=O) groups excluding carboxylic acids is 2. The molecule has 3 amide bonds. The molecule has 1 rings (SSSR count). The van der Waals surface area contributed by atoms with E-state index in [1.54, 1.807) is 13.8 Å². The van der Waals surface area contributed by atoms with Gasteiger partial charge in [0.2, 0.25) is 5.91 Å². The van der Waals surface area contributed by atoms with Gasteiger partial charge in [-0.2, -0.15) is 0 Å². The second-order valence-corrected chi connectivity index (χ2v) is 5.16. The summed E-state index contributed by atoms with van der Waals surface area (Å²) >= 11 is 0. The van der Waals surface area contributed by atoms with Gasteiger partial charge in [0.05, 0.1) is 0 Å². The molecule has 1 saturated heterocycles. The Hall–Kier alpha value is -1.79. The average molecular weight is 285 g/mol. The predicted molar refractivity (Wildman–Crippen MR) is 73.3 cm³/mol. The first-order valence-electron chi connectivity index (χ1n) is 6.87. The van der Waals surface area contributed by atoms with Crippen molar-refractivity contribution in [1.29, 1.82) is 0 Å². The van der Waals surface area contributed by atoms with Crippen LogP contribution in [0.25, 0.3) is 0 Å². The first kappa shape index (κ1) is 16.3. The lowest BCUT2D eigenvalue weighted by Crippen LogP contribution is -2.61. The van der Waals surface area contributed by atoms with Crippen LogP contribution >= 0.6 is 0 Å². The molecular weight excluding hydrogens is 262 g/mol. The molecule has 114 valence electrons. The number of nitrogens with one attached hydrogen (secondary N) is 1. The molecule has 0 aromatic heterocycles. The fourth-order valence-electron chi connectivity index (χ4n) is 2.39. The van der Waals surface area contributed by atoms with Crippen LogP contribution in [0, 0.1) is 0 Å². The fraction of sp³-hybridized carbons (Fsp3) is 0.769. The smallest absolute Gasteiger partial charge is 0.329 e. The zero-order chi connectivity index (χ0) is 15.3. The van der Waals surface area contributed by atoms with E-state index in [1.165, 1.54) is 16.8 Å². The number of aliphatic carboxylic acids is 1. The van der Waals surface area contributed by atoms with E-state index in [-0.39, 0.29) is 18.5 Å². The molecule has 7 heteroatoms. The van der Waals surface area contributed by atoms with Crippen molar-refractivity contribution in [2.24, 2.45) is 0 Å². The van der Waals surface area contributed by atoms with Crippen molar-refractivity contribution >= 4 is 17.9 Å². The van der Waals surface area contributed by atoms with Gasteiger partial charge in [0.15, 0.2) is 0 Å². The predicted octanol–water partition coefficient (Wildman–Crippen LogP) is 0.504. The Morgan fingerprint density at radius 2 is 2.00 bits per heavy atom. The molecule has 0 aliphatic carbocycles. The summed E-state index contributed by atoms with van der Waals surface area (Å²) in [6.45, 7) is 4.05. The van der Waals surface area contributed by atoms with E-state index in [2.05, 4.69) is 5.32 Å². The first-order valence-corrected chi connectivity index (χ1v) is 6.87. The maximum Gasteiger partial charge on any atom is 0.329 e. The Bertz CT molecular complexity index is 399. The highest BCUT2D eigenvalue weighted by molar-refractivity contribution is 5.88. The molecule has 1 heterocycles. The van der Waals surface area contributed by atoms with Crippen LogP contribution in [0.5, 0.6) is 0 Å². The van der Waals surface area contributed by atoms with Gasteiger partial charge in [-0.25, -0.2) is 9.59 Å². The van der Waals surface area contributed by atoms with E-state index in [9.17, 15) is 19.5 Å². The number of rotatable bonds is 4. The van der Waals surface area contributed by atoms with E-state index >= 15 is 0 Å². The van der Waals surface area contributed by atoms with Gasteiger partial charge in [0.25, 0.3) is 0 Å². The average Bonchev–Trinajstić information content (AvgIpc) is 2.44. The van der Waals surface area contributed by atoms with E-state index in [1.807, 2.05) is 0 Å². The molecular formula is C13H23N3O4. The second-order valence-electron chi connectivity index (χ2n) is 5.16. The molecule has 2 N–H and O–H groups in total. The van der Waals surface area contributed by atoms with E-state index in [0.29, 0.717) is 19.5 Å². The maximum atomic E-state index is 12.5. The number of carbonyl (C=O) groups is 3. The van der Waals surface area contributed by atoms with Crippen molar-refractivity contribution in [3.63, 3.8) is 0 Å². The van der Waals surface area contributed by atoms with Crippen LogP contribution in [-0.2, 0) is 9.59 Å². The Balaban J connectivity index is 2.91. The number of hydrogen-bond acceptors (Lipinski definition) is 3. The van der Waals surface area contributed by atoms with Gasteiger partial charge in [0.1, 0.15) is 12.1 Å². The topological polar surface area (TPSA) is 90.0 Å². The van der Waals surface area contributed by atoms with Crippen LogP contribution in [0.2, 0.25) is 0 Å². The largest absolute Gasteiger partial charge is 0.480 e. The highest BCUT2D eigenvalue weighted by atomic mass is 16.4. The van der Waals surface area contributed by atoms with Crippen molar-refractivity contribution in [2.45, 2.75) is 38.6 Å². The number of nitrogens with zero attached hydrogens (tertiary/aromatic N) is 2. The molecule has 1 aliphatic heterocycles. The molecule has 1 atom stereocenters. The van der Waals surface area contributed by atoms with Crippen LogP contribution in [0.15, 0.2) is 0 Å². The minimum Gasteiger partial charge on any atom is -0.480 e. The third kappa shape index (κ3) is 3.20. The normalized spacial score (nSPS) is 22.2. The Morgan fingerprint density at radius 3 is 2.50 bits per heavy atom. The number of urea groups is 1. The van der Waals surface area contributed by atoms with Crippen LogP contribution in [0.4, 0.5) is 4.79 Å². The van der Waals surface area contributed by atoms with Gasteiger partial charge in [0, 0.05) is 20.1 Å². The maximum absolute atomic E-state index is 12.5. The van der Waals surface area contributed by atoms with Gasteiger partial charge in [-0.05, 0) is 33.1 Å². The summed E-state index contributed by atoms with van der Waals surface area (Å²) in [5.41, 5.74) is -1.19. The number of amides is 3. The number of hydrogen-bond donors (Lipinski definition) is 2. The summed E-state index contributed by atoms with van der Waals surface area (Å²) in [6, 6.07) is -0.388. The number of likely N-dealkylation sites (N-methyl/N-ethyl adjacent to an activating group) is 2. The Labute approximate surface area is 118 Å². The molecule has 1 unspecified atom stereocenters. The lowest BCUT2D eigenvalue weighted by atomic mass is 9.89. The summed E-state index contributed by atoms with van der Waals surface area (Å²) < 4.78 is 0. The lowest BCUT2D eigenvalue weighted by molar-refractivity contribution is -0.150. The van der Waals surface area contributed by atoms with Crippen molar-refractivity contribution in [1.82, 2.24) is 15.1 Å². The summed E-state index contributed by atoms with van der Waals surface area (Å²) in [6.07, 6.45) is 2.01. The molecule has 20 heavy (non-hydrogen) atoms. The first-order chi connectivity index (χ1) is 9.36. The quantitative estimate of drug-likeness (QED) is 0.787. The van der Waals surface area contributed by atoms with Crippen LogP contribution in [0.3, 0.4) is 0 Å². The third-order valence-corrected chi connectivity index (χ3v) is 3.85. The minimum absolute atomic E-state index is 0.0575. The van der Waals surface area contributed by atoms with Crippen molar-refractivity contribution in [2.75, 3.05) is 26.7 Å². The number of carboxylic acid groups (broad SMARTS) is 1. The third-order valence-electron chi connectivity index (χ3n) is 3.85. The fourth-order valence-corrected chi connectivity index (χ4v) is 2.39. The molecule has 0 aromatic carbocycles. The molecule has 0 spiro atoms. The number of likely N-dealkylation sites (tertiary alicyclic amines) is 1. The second kappa shape index (κ2) is 6.58. The SMILES string of the molecule is CCN(CC(=O)NC)C(=O)N1CCCCC1(C)C(=O)O. The molecule has 0 saturated carbocycles. The number of piperidine rings is 1.